The second-order valence-electron chi connectivity index (χ2n) is 4.14. The van der Waals surface area contributed by atoms with Crippen LogP contribution in [0.3, 0.4) is 0 Å². The van der Waals surface area contributed by atoms with Gasteiger partial charge in [0.2, 0.25) is 5.95 Å². The molecule has 1 heterocycles. The van der Waals surface area contributed by atoms with Crippen LogP contribution in [0, 0.1) is 0 Å². The normalized spacial score (nSPS) is 22.9. The Hall–Kier alpha value is -1.56. The molecule has 4 N–H and O–H groups in total. The Balaban J connectivity index is 1.89. The molecule has 17 heavy (non-hydrogen) atoms. The number of aromatic nitrogens is 2. The van der Waals surface area contributed by atoms with Crippen LogP contribution in [0.15, 0.2) is 6.07 Å². The van der Waals surface area contributed by atoms with Gasteiger partial charge in [0.1, 0.15) is 11.6 Å². The average Bonchev–Trinajstić information content (AvgIpc) is 2.25. The average molecular weight is 237 g/mol. The highest BCUT2D eigenvalue weighted by molar-refractivity contribution is 5.51. The van der Waals surface area contributed by atoms with E-state index in [1.165, 1.54) is 0 Å². The molecule has 1 aliphatic rings. The first-order valence-electron chi connectivity index (χ1n) is 5.91. The van der Waals surface area contributed by atoms with E-state index in [0.29, 0.717) is 12.1 Å². The molecule has 0 bridgehead atoms. The molecule has 0 amide bonds. The molecule has 1 aromatic heterocycles. The van der Waals surface area contributed by atoms with E-state index in [2.05, 4.69) is 20.6 Å². The Bertz CT molecular complexity index is 378. The third-order valence-corrected chi connectivity index (χ3v) is 2.85. The molecule has 0 radical (unpaired) electrons. The molecule has 6 nitrogen and oxygen atoms in total. The van der Waals surface area contributed by atoms with E-state index in [9.17, 15) is 0 Å². The molecule has 1 aromatic rings. The van der Waals surface area contributed by atoms with Gasteiger partial charge in [-0.05, 0) is 19.8 Å². The van der Waals surface area contributed by atoms with Crippen molar-refractivity contribution in [2.24, 2.45) is 0 Å². The minimum atomic E-state index is 0.278. The van der Waals surface area contributed by atoms with Crippen LogP contribution in [0.5, 0.6) is 0 Å². The number of nitrogens with zero attached hydrogens (tertiary/aromatic N) is 2. The maximum absolute atomic E-state index is 5.62. The van der Waals surface area contributed by atoms with Crippen LogP contribution in [0.2, 0.25) is 0 Å². The topological polar surface area (TPSA) is 85.1 Å². The number of nitrogens with two attached hydrogens (primary N) is 1. The van der Waals surface area contributed by atoms with Crippen LogP contribution in [0.4, 0.5) is 17.6 Å². The first kappa shape index (κ1) is 11.9. The van der Waals surface area contributed by atoms with Gasteiger partial charge in [-0.25, -0.2) is 0 Å². The van der Waals surface area contributed by atoms with E-state index >= 15 is 0 Å². The van der Waals surface area contributed by atoms with Gasteiger partial charge in [-0.15, -0.1) is 0 Å². The zero-order valence-corrected chi connectivity index (χ0v) is 10.2. The largest absolute Gasteiger partial charge is 0.378 e. The second-order valence-corrected chi connectivity index (χ2v) is 4.14. The lowest BCUT2D eigenvalue weighted by atomic mass is 9.89. The summed E-state index contributed by atoms with van der Waals surface area (Å²) in [4.78, 5) is 8.19. The van der Waals surface area contributed by atoms with Gasteiger partial charge in [0.25, 0.3) is 0 Å². The van der Waals surface area contributed by atoms with Crippen molar-refractivity contribution in [3.63, 3.8) is 0 Å². The third kappa shape index (κ3) is 2.97. The zero-order chi connectivity index (χ0) is 12.3. The molecule has 1 fully saturated rings. The SMILES string of the molecule is CCOC1CC(Nc2cc(NC)nc(N)n2)C1. The molecule has 0 aliphatic heterocycles. The predicted molar refractivity (Wildman–Crippen MR) is 68.0 cm³/mol. The number of ether oxygens (including phenoxy) is 1. The minimum Gasteiger partial charge on any atom is -0.378 e. The first-order chi connectivity index (χ1) is 8.21. The van der Waals surface area contributed by atoms with Crippen LogP contribution in [-0.4, -0.2) is 35.8 Å². The Kier molecular flexibility index (Phi) is 3.63. The number of nitrogens with one attached hydrogen (secondary N) is 2. The number of rotatable bonds is 5. The van der Waals surface area contributed by atoms with E-state index in [-0.39, 0.29) is 5.95 Å². The van der Waals surface area contributed by atoms with E-state index < -0.39 is 0 Å². The van der Waals surface area contributed by atoms with Crippen molar-refractivity contribution < 1.29 is 4.74 Å². The molecule has 6 heteroatoms. The van der Waals surface area contributed by atoms with Crippen LogP contribution >= 0.6 is 0 Å². The third-order valence-electron chi connectivity index (χ3n) is 2.85. The quantitative estimate of drug-likeness (QED) is 0.710. The zero-order valence-electron chi connectivity index (χ0n) is 10.2. The molecule has 0 aromatic carbocycles. The summed E-state index contributed by atoms with van der Waals surface area (Å²) in [6.45, 7) is 2.80. The van der Waals surface area contributed by atoms with Crippen molar-refractivity contribution in [1.82, 2.24) is 9.97 Å². The monoisotopic (exact) mass is 237 g/mol. The Morgan fingerprint density at radius 2 is 2.12 bits per heavy atom. The van der Waals surface area contributed by atoms with Gasteiger partial charge in [0, 0.05) is 25.8 Å². The second kappa shape index (κ2) is 5.18. The van der Waals surface area contributed by atoms with Crippen LogP contribution < -0.4 is 16.4 Å². The van der Waals surface area contributed by atoms with Crippen molar-refractivity contribution in [3.05, 3.63) is 6.07 Å². The van der Waals surface area contributed by atoms with Crippen LogP contribution in [-0.2, 0) is 4.74 Å². The summed E-state index contributed by atoms with van der Waals surface area (Å²) in [5.74, 6) is 1.77. The number of hydrogen-bond acceptors (Lipinski definition) is 6. The first-order valence-corrected chi connectivity index (χ1v) is 5.91. The highest BCUT2D eigenvalue weighted by Gasteiger charge is 2.29. The molecule has 0 unspecified atom stereocenters. The molecule has 0 saturated heterocycles. The van der Waals surface area contributed by atoms with Crippen molar-refractivity contribution in [2.75, 3.05) is 30.0 Å². The van der Waals surface area contributed by atoms with E-state index in [1.54, 1.807) is 7.05 Å². The lowest BCUT2D eigenvalue weighted by molar-refractivity contribution is 0.00293. The minimum absolute atomic E-state index is 0.278. The summed E-state index contributed by atoms with van der Waals surface area (Å²) in [7, 11) is 1.81. The molecular formula is C11H19N5O. The fourth-order valence-electron chi connectivity index (χ4n) is 1.93. The van der Waals surface area contributed by atoms with Crippen molar-refractivity contribution in [3.8, 4) is 0 Å². The van der Waals surface area contributed by atoms with E-state index in [4.69, 9.17) is 10.5 Å². The number of hydrogen-bond donors (Lipinski definition) is 3. The molecule has 0 atom stereocenters. The van der Waals surface area contributed by atoms with Gasteiger partial charge < -0.3 is 21.1 Å². The van der Waals surface area contributed by atoms with Gasteiger partial charge >= 0.3 is 0 Å². The smallest absolute Gasteiger partial charge is 0.223 e. The summed E-state index contributed by atoms with van der Waals surface area (Å²) in [6, 6.07) is 2.27. The predicted octanol–water partition coefficient (Wildman–Crippen LogP) is 1.08. The van der Waals surface area contributed by atoms with Crippen molar-refractivity contribution in [1.29, 1.82) is 0 Å². The highest BCUT2D eigenvalue weighted by Crippen LogP contribution is 2.26. The van der Waals surface area contributed by atoms with Crippen molar-refractivity contribution in [2.45, 2.75) is 31.9 Å². The summed E-state index contributed by atoms with van der Waals surface area (Å²) in [5, 5.41) is 6.28. The standard InChI is InChI=1S/C11H19N5O/c1-3-17-8-4-7(5-8)14-10-6-9(13-2)15-11(12)16-10/h6-8H,3-5H2,1-2H3,(H4,12,13,14,15,16). The molecule has 1 aliphatic carbocycles. The van der Waals surface area contributed by atoms with Crippen molar-refractivity contribution >= 4 is 17.6 Å². The summed E-state index contributed by atoms with van der Waals surface area (Å²) < 4.78 is 5.50. The Morgan fingerprint density at radius 1 is 1.41 bits per heavy atom. The molecule has 0 spiro atoms. The van der Waals surface area contributed by atoms with Gasteiger partial charge in [-0.1, -0.05) is 0 Å². The lowest BCUT2D eigenvalue weighted by Crippen LogP contribution is -2.41. The van der Waals surface area contributed by atoms with Crippen LogP contribution in [0.25, 0.3) is 0 Å². The van der Waals surface area contributed by atoms with E-state index in [1.807, 2.05) is 13.0 Å². The highest BCUT2D eigenvalue weighted by atomic mass is 16.5. The maximum atomic E-state index is 5.62. The molecule has 94 valence electrons. The maximum Gasteiger partial charge on any atom is 0.223 e. The summed E-state index contributed by atoms with van der Waals surface area (Å²) in [5.41, 5.74) is 5.62. The van der Waals surface area contributed by atoms with Gasteiger partial charge in [-0.2, -0.15) is 9.97 Å². The number of anilines is 3. The van der Waals surface area contributed by atoms with Crippen LogP contribution in [0.1, 0.15) is 19.8 Å². The Morgan fingerprint density at radius 3 is 2.76 bits per heavy atom. The molecular weight excluding hydrogens is 218 g/mol. The fraction of sp³-hybridized carbons (Fsp3) is 0.636. The Labute approximate surface area is 101 Å². The fourth-order valence-corrected chi connectivity index (χ4v) is 1.93. The van der Waals surface area contributed by atoms with Gasteiger partial charge in [-0.3, -0.25) is 0 Å². The summed E-state index contributed by atoms with van der Waals surface area (Å²) >= 11 is 0. The van der Waals surface area contributed by atoms with Gasteiger partial charge in [0.05, 0.1) is 6.10 Å². The van der Waals surface area contributed by atoms with Gasteiger partial charge in [0.15, 0.2) is 0 Å². The molecule has 1 saturated carbocycles. The number of nitrogen functional groups attached to an aromatic ring is 1. The summed E-state index contributed by atoms with van der Waals surface area (Å²) in [6.07, 6.45) is 2.43. The van der Waals surface area contributed by atoms with E-state index in [0.717, 1.165) is 31.1 Å². The lowest BCUT2D eigenvalue weighted by Gasteiger charge is -2.35. The molecule has 2 rings (SSSR count).